The number of aliphatic hydroxyl groups is 3. The van der Waals surface area contributed by atoms with Gasteiger partial charge in [0.05, 0.1) is 24.4 Å². The molecule has 2 rings (SSSR count). The first-order chi connectivity index (χ1) is 19.9. The molecule has 2 heterocycles. The van der Waals surface area contributed by atoms with Crippen molar-refractivity contribution in [1.29, 1.82) is 0 Å². The maximum Gasteiger partial charge on any atom is 0.373 e. The Hall–Kier alpha value is -2.15. The molecule has 0 spiro atoms. The fraction of sp³-hybridized carbons (Fsp3) is 0.694. The second kappa shape index (κ2) is 17.8. The van der Waals surface area contributed by atoms with Crippen LogP contribution in [0.25, 0.3) is 0 Å². The molecule has 7 unspecified atom stereocenters. The van der Waals surface area contributed by atoms with Gasteiger partial charge in [-0.05, 0) is 83.1 Å². The van der Waals surface area contributed by atoms with Crippen molar-refractivity contribution in [3.63, 3.8) is 0 Å². The van der Waals surface area contributed by atoms with Crippen LogP contribution in [-0.2, 0) is 14.3 Å². The van der Waals surface area contributed by atoms with E-state index in [1.54, 1.807) is 6.92 Å². The van der Waals surface area contributed by atoms with E-state index in [-0.39, 0.29) is 35.9 Å². The number of esters is 1. The summed E-state index contributed by atoms with van der Waals surface area (Å²) in [4.78, 5) is 13.0. The molecule has 0 amide bonds. The van der Waals surface area contributed by atoms with Crippen LogP contribution in [0.1, 0.15) is 100 Å². The number of rotatable bonds is 6. The summed E-state index contributed by atoms with van der Waals surface area (Å²) in [6, 6.07) is 0. The molecular formula is C36H58O6. The van der Waals surface area contributed by atoms with Gasteiger partial charge in [0.1, 0.15) is 6.10 Å². The number of carbonyl (C=O) groups excluding carboxylic acids is 1. The number of allylic oxidation sites excluding steroid dienone is 6. The van der Waals surface area contributed by atoms with Crippen molar-refractivity contribution in [2.45, 2.75) is 131 Å². The zero-order valence-electron chi connectivity index (χ0n) is 27.3. The molecule has 0 aliphatic carbocycles. The standard InChI is InChI=1S/C36H58O6/c1-9-13-32-25(5)16-18-29(41-32)19-17-26(6)33-15-12-11-14-23(3)20-27(7)34(38)30(10-2)35(39)28(8)21-24(4)22-31(37)36(40)42-33/h9,11-14,21-22,25-30,32-35,37-39H,10,15-20H2,1-8H3/b12-11+,13-9+,23-14+,24-21+,31-22-/t25?,26?,27-,28?,29?,30+,32-,33?,34?,35?/m1/s1. The molecule has 1 saturated heterocycles. The van der Waals surface area contributed by atoms with E-state index in [0.29, 0.717) is 24.3 Å². The van der Waals surface area contributed by atoms with Gasteiger partial charge >= 0.3 is 5.97 Å². The molecule has 0 saturated carbocycles. The molecule has 3 N–H and O–H groups in total. The van der Waals surface area contributed by atoms with E-state index in [9.17, 15) is 20.1 Å². The molecule has 6 heteroatoms. The Bertz CT molecular complexity index is 991. The quantitative estimate of drug-likeness (QED) is 0.217. The monoisotopic (exact) mass is 586 g/mol. The van der Waals surface area contributed by atoms with Gasteiger partial charge in [0.2, 0.25) is 5.76 Å². The minimum atomic E-state index is -0.761. The summed E-state index contributed by atoms with van der Waals surface area (Å²) in [5.74, 6) is -1.21. The van der Waals surface area contributed by atoms with E-state index in [2.05, 4.69) is 26.0 Å². The van der Waals surface area contributed by atoms with Crippen molar-refractivity contribution >= 4 is 5.97 Å². The number of hydrogen-bond donors (Lipinski definition) is 3. The molecular weight excluding hydrogens is 528 g/mol. The molecule has 0 aromatic rings. The zero-order valence-corrected chi connectivity index (χ0v) is 27.3. The van der Waals surface area contributed by atoms with E-state index < -0.39 is 30.0 Å². The van der Waals surface area contributed by atoms with E-state index in [1.807, 2.05) is 58.9 Å². The largest absolute Gasteiger partial charge is 0.502 e. The third-order valence-electron chi connectivity index (χ3n) is 9.17. The van der Waals surface area contributed by atoms with Gasteiger partial charge in [-0.15, -0.1) is 0 Å². The van der Waals surface area contributed by atoms with Crippen molar-refractivity contribution in [1.82, 2.24) is 0 Å². The fourth-order valence-corrected chi connectivity index (χ4v) is 6.38. The second-order valence-corrected chi connectivity index (χ2v) is 13.0. The van der Waals surface area contributed by atoms with Gasteiger partial charge in [-0.1, -0.05) is 82.2 Å². The average molecular weight is 587 g/mol. The smallest absolute Gasteiger partial charge is 0.373 e. The summed E-state index contributed by atoms with van der Waals surface area (Å²) in [5, 5.41) is 32.8. The number of aliphatic hydroxyl groups excluding tert-OH is 3. The van der Waals surface area contributed by atoms with Crippen LogP contribution in [0.3, 0.4) is 0 Å². The Balaban J connectivity index is 2.26. The molecule has 0 aromatic carbocycles. The number of carbonyl (C=O) groups is 1. The molecule has 10 atom stereocenters. The lowest BCUT2D eigenvalue weighted by molar-refractivity contribution is -0.150. The Morgan fingerprint density at radius 2 is 1.81 bits per heavy atom. The Morgan fingerprint density at radius 3 is 2.48 bits per heavy atom. The van der Waals surface area contributed by atoms with Crippen LogP contribution in [-0.4, -0.2) is 51.8 Å². The highest BCUT2D eigenvalue weighted by molar-refractivity contribution is 5.86. The maximum absolute atomic E-state index is 13.0. The van der Waals surface area contributed by atoms with E-state index in [1.165, 1.54) is 6.08 Å². The lowest BCUT2D eigenvalue weighted by Gasteiger charge is -2.34. The molecule has 1 fully saturated rings. The van der Waals surface area contributed by atoms with Gasteiger partial charge in [-0.25, -0.2) is 4.79 Å². The van der Waals surface area contributed by atoms with Gasteiger partial charge < -0.3 is 24.8 Å². The minimum Gasteiger partial charge on any atom is -0.502 e. The van der Waals surface area contributed by atoms with Crippen LogP contribution in [0.15, 0.2) is 59.4 Å². The summed E-state index contributed by atoms with van der Waals surface area (Å²) in [6.07, 6.45) is 17.8. The molecule has 6 nitrogen and oxygen atoms in total. The zero-order chi connectivity index (χ0) is 31.4. The van der Waals surface area contributed by atoms with Crippen LogP contribution in [0.2, 0.25) is 0 Å². The highest BCUT2D eigenvalue weighted by atomic mass is 16.6. The van der Waals surface area contributed by atoms with Crippen molar-refractivity contribution in [3.8, 4) is 0 Å². The number of hydrogen-bond acceptors (Lipinski definition) is 6. The molecule has 2 aliphatic rings. The average Bonchev–Trinajstić information content (AvgIpc) is 2.94. The lowest BCUT2D eigenvalue weighted by Crippen LogP contribution is -2.38. The highest BCUT2D eigenvalue weighted by Crippen LogP contribution is 2.31. The van der Waals surface area contributed by atoms with Gasteiger partial charge in [0, 0.05) is 18.3 Å². The first-order valence-corrected chi connectivity index (χ1v) is 16.1. The number of cyclic esters (lactones) is 1. The highest BCUT2D eigenvalue weighted by Gasteiger charge is 2.32. The first kappa shape index (κ1) is 36.0. The van der Waals surface area contributed by atoms with E-state index in [4.69, 9.17) is 9.47 Å². The van der Waals surface area contributed by atoms with Gasteiger partial charge in [0.25, 0.3) is 0 Å². The Labute approximate surface area is 255 Å². The predicted molar refractivity (Wildman–Crippen MR) is 171 cm³/mol. The van der Waals surface area contributed by atoms with Crippen molar-refractivity contribution < 1.29 is 29.6 Å². The third kappa shape index (κ3) is 11.2. The summed E-state index contributed by atoms with van der Waals surface area (Å²) in [6.45, 7) is 16.1. The molecule has 2 aliphatic heterocycles. The summed E-state index contributed by atoms with van der Waals surface area (Å²) in [7, 11) is 0. The van der Waals surface area contributed by atoms with Crippen LogP contribution >= 0.6 is 0 Å². The van der Waals surface area contributed by atoms with E-state index >= 15 is 0 Å². The molecule has 0 aromatic heterocycles. The van der Waals surface area contributed by atoms with Gasteiger partial charge in [-0.3, -0.25) is 0 Å². The normalized spacial score (nSPS) is 39.9. The van der Waals surface area contributed by atoms with Gasteiger partial charge in [-0.2, -0.15) is 0 Å². The van der Waals surface area contributed by atoms with Gasteiger partial charge in [0.15, 0.2) is 0 Å². The predicted octanol–water partition coefficient (Wildman–Crippen LogP) is 7.78. The van der Waals surface area contributed by atoms with Crippen LogP contribution in [0, 0.1) is 29.6 Å². The maximum atomic E-state index is 13.0. The lowest BCUT2D eigenvalue weighted by atomic mass is 9.79. The summed E-state index contributed by atoms with van der Waals surface area (Å²) in [5.41, 5.74) is 1.78. The third-order valence-corrected chi connectivity index (χ3v) is 9.17. The Kier molecular flexibility index (Phi) is 15.3. The summed E-state index contributed by atoms with van der Waals surface area (Å²) < 4.78 is 12.2. The topological polar surface area (TPSA) is 96.2 Å². The van der Waals surface area contributed by atoms with Crippen LogP contribution in [0.5, 0.6) is 0 Å². The van der Waals surface area contributed by atoms with Crippen LogP contribution < -0.4 is 0 Å². The molecule has 42 heavy (non-hydrogen) atoms. The second-order valence-electron chi connectivity index (χ2n) is 13.0. The van der Waals surface area contributed by atoms with Crippen LogP contribution in [0.4, 0.5) is 0 Å². The summed E-state index contributed by atoms with van der Waals surface area (Å²) >= 11 is 0. The fourth-order valence-electron chi connectivity index (χ4n) is 6.38. The van der Waals surface area contributed by atoms with Crippen molar-refractivity contribution in [2.24, 2.45) is 29.6 Å². The SMILES string of the molecule is C/C=C/[C@H]1OC(CCC(C)C2C/C=C/C=C(\C)C[C@@H](C)C(O)[C@H](CC)C(O)C(C)/C=C(C)/C=C(\O)C(=O)O2)CCC1C. The van der Waals surface area contributed by atoms with Crippen molar-refractivity contribution in [3.05, 3.63) is 59.4 Å². The molecule has 238 valence electrons. The molecule has 0 radical (unpaired) electrons. The first-order valence-electron chi connectivity index (χ1n) is 16.1. The van der Waals surface area contributed by atoms with Crippen molar-refractivity contribution in [2.75, 3.05) is 0 Å². The van der Waals surface area contributed by atoms with E-state index in [0.717, 1.165) is 37.7 Å². The Morgan fingerprint density at radius 1 is 1.10 bits per heavy atom. The molecule has 0 bridgehead atoms. The number of ether oxygens (including phenoxy) is 2. The minimum absolute atomic E-state index is 0.0134.